The van der Waals surface area contributed by atoms with Gasteiger partial charge in [0.1, 0.15) is 5.75 Å². The summed E-state index contributed by atoms with van der Waals surface area (Å²) < 4.78 is 0. The second-order valence-corrected chi connectivity index (χ2v) is 8.35. The first kappa shape index (κ1) is 19.6. The number of phenols is 1. The number of amides is 2. The summed E-state index contributed by atoms with van der Waals surface area (Å²) in [6, 6.07) is 15.2. The molecule has 2 aliphatic heterocycles. The van der Waals surface area contributed by atoms with Crippen LogP contribution in [0.2, 0.25) is 0 Å². The molecule has 2 aromatic rings. The van der Waals surface area contributed by atoms with Gasteiger partial charge in [-0.15, -0.1) is 11.8 Å². The lowest BCUT2D eigenvalue weighted by atomic mass is 10.2. The van der Waals surface area contributed by atoms with Gasteiger partial charge in [0.2, 0.25) is 11.8 Å². The summed E-state index contributed by atoms with van der Waals surface area (Å²) in [6.45, 7) is 3.24. The number of rotatable bonds is 4. The van der Waals surface area contributed by atoms with Crippen LogP contribution in [0.3, 0.4) is 0 Å². The third-order valence-electron chi connectivity index (χ3n) is 5.44. The van der Waals surface area contributed by atoms with Gasteiger partial charge in [-0.1, -0.05) is 24.3 Å². The van der Waals surface area contributed by atoms with E-state index in [2.05, 4.69) is 4.90 Å². The Morgan fingerprint density at radius 3 is 2.24 bits per heavy atom. The van der Waals surface area contributed by atoms with Crippen LogP contribution in [0.1, 0.15) is 12.8 Å². The van der Waals surface area contributed by atoms with E-state index in [1.165, 1.54) is 0 Å². The van der Waals surface area contributed by atoms with Crippen molar-refractivity contribution in [3.63, 3.8) is 0 Å². The van der Waals surface area contributed by atoms with E-state index >= 15 is 0 Å². The van der Waals surface area contributed by atoms with Crippen molar-refractivity contribution in [1.82, 2.24) is 4.90 Å². The zero-order valence-electron chi connectivity index (χ0n) is 16.3. The number of hydrogen-bond donors (Lipinski definition) is 1. The number of thioether (sulfide) groups is 1. The molecule has 4 rings (SSSR count). The predicted molar refractivity (Wildman–Crippen MR) is 116 cm³/mol. The number of aromatic hydroxyl groups is 1. The van der Waals surface area contributed by atoms with Crippen LogP contribution in [0, 0.1) is 0 Å². The Kier molecular flexibility index (Phi) is 5.94. The van der Waals surface area contributed by atoms with E-state index in [0.29, 0.717) is 32.7 Å². The monoisotopic (exact) mass is 411 g/mol. The second-order valence-electron chi connectivity index (χ2n) is 7.22. The van der Waals surface area contributed by atoms with Gasteiger partial charge in [0, 0.05) is 56.2 Å². The molecule has 1 N–H and O–H groups in total. The average Bonchev–Trinajstić information content (AvgIpc) is 2.77. The number of carbonyl (C=O) groups excluding carboxylic acids is 2. The van der Waals surface area contributed by atoms with Crippen molar-refractivity contribution in [1.29, 1.82) is 0 Å². The minimum Gasteiger partial charge on any atom is -0.506 e. The Morgan fingerprint density at radius 2 is 1.48 bits per heavy atom. The van der Waals surface area contributed by atoms with Crippen LogP contribution in [0.25, 0.3) is 0 Å². The average molecular weight is 412 g/mol. The van der Waals surface area contributed by atoms with E-state index in [0.717, 1.165) is 22.0 Å². The molecule has 2 amide bonds. The standard InChI is InChI=1S/C22H25N3O3S/c26-19-7-3-1-5-17(19)23-11-13-24(14-12-23)21(27)9-10-22(28)25-15-16-29-20-8-4-2-6-18(20)25/h1-8,26H,9-16H2. The molecule has 0 aliphatic carbocycles. The molecule has 2 aliphatic rings. The summed E-state index contributed by atoms with van der Waals surface area (Å²) in [5.74, 6) is 1.18. The van der Waals surface area contributed by atoms with Crippen molar-refractivity contribution in [2.75, 3.05) is 48.3 Å². The van der Waals surface area contributed by atoms with E-state index in [9.17, 15) is 14.7 Å². The van der Waals surface area contributed by atoms with E-state index in [1.54, 1.807) is 23.9 Å². The van der Waals surface area contributed by atoms with Gasteiger partial charge in [-0.25, -0.2) is 0 Å². The second kappa shape index (κ2) is 8.78. The predicted octanol–water partition coefficient (Wildman–Crippen LogP) is 2.96. The number of hydrogen-bond acceptors (Lipinski definition) is 5. The number of piperazine rings is 1. The highest BCUT2D eigenvalue weighted by molar-refractivity contribution is 7.99. The fourth-order valence-corrected chi connectivity index (χ4v) is 4.86. The maximum atomic E-state index is 12.7. The number of anilines is 2. The van der Waals surface area contributed by atoms with Gasteiger partial charge in [-0.05, 0) is 24.3 Å². The van der Waals surface area contributed by atoms with Crippen molar-refractivity contribution in [3.8, 4) is 5.75 Å². The summed E-state index contributed by atoms with van der Waals surface area (Å²) in [6.07, 6.45) is 0.471. The molecule has 0 radical (unpaired) electrons. The topological polar surface area (TPSA) is 64.1 Å². The number of phenolic OH excluding ortho intramolecular Hbond substituents is 1. The van der Waals surface area contributed by atoms with Crippen molar-refractivity contribution < 1.29 is 14.7 Å². The molecule has 1 fully saturated rings. The SMILES string of the molecule is O=C(CCC(=O)N1CCSc2ccccc21)N1CCN(c2ccccc2O)CC1. The molecule has 0 aromatic heterocycles. The lowest BCUT2D eigenvalue weighted by Gasteiger charge is -2.36. The quantitative estimate of drug-likeness (QED) is 0.838. The highest BCUT2D eigenvalue weighted by atomic mass is 32.2. The van der Waals surface area contributed by atoms with Gasteiger partial charge in [-0.2, -0.15) is 0 Å². The lowest BCUT2D eigenvalue weighted by Crippen LogP contribution is -2.49. The van der Waals surface area contributed by atoms with Crippen LogP contribution in [0.4, 0.5) is 11.4 Å². The molecule has 0 spiro atoms. The lowest BCUT2D eigenvalue weighted by molar-refractivity contribution is -0.133. The largest absolute Gasteiger partial charge is 0.506 e. The first-order chi connectivity index (χ1) is 14.1. The Morgan fingerprint density at radius 1 is 0.828 bits per heavy atom. The number of carbonyl (C=O) groups is 2. The van der Waals surface area contributed by atoms with Crippen LogP contribution < -0.4 is 9.80 Å². The molecule has 2 aromatic carbocycles. The third-order valence-corrected chi connectivity index (χ3v) is 6.48. The Labute approximate surface area is 175 Å². The van der Waals surface area contributed by atoms with Gasteiger partial charge in [-0.3, -0.25) is 9.59 Å². The number of benzene rings is 2. The molecule has 0 bridgehead atoms. The molecule has 6 nitrogen and oxygen atoms in total. The van der Waals surface area contributed by atoms with E-state index in [4.69, 9.17) is 0 Å². The van der Waals surface area contributed by atoms with Crippen LogP contribution in [-0.4, -0.2) is 60.3 Å². The van der Waals surface area contributed by atoms with Crippen molar-refractivity contribution >= 4 is 35.0 Å². The van der Waals surface area contributed by atoms with Gasteiger partial charge < -0.3 is 19.8 Å². The van der Waals surface area contributed by atoms with Gasteiger partial charge in [0.15, 0.2) is 0 Å². The number of nitrogens with zero attached hydrogens (tertiary/aromatic N) is 3. The van der Waals surface area contributed by atoms with Crippen molar-refractivity contribution in [2.24, 2.45) is 0 Å². The zero-order chi connectivity index (χ0) is 20.2. The van der Waals surface area contributed by atoms with Crippen molar-refractivity contribution in [3.05, 3.63) is 48.5 Å². The van der Waals surface area contributed by atoms with Crippen LogP contribution >= 0.6 is 11.8 Å². The molecule has 29 heavy (non-hydrogen) atoms. The Hall–Kier alpha value is -2.67. The zero-order valence-corrected chi connectivity index (χ0v) is 17.1. The minimum atomic E-state index is 0.0129. The fraction of sp³-hybridized carbons (Fsp3) is 0.364. The highest BCUT2D eigenvalue weighted by Gasteiger charge is 2.26. The Bertz CT molecular complexity index is 896. The first-order valence-corrected chi connectivity index (χ1v) is 10.9. The van der Waals surface area contributed by atoms with Crippen LogP contribution in [-0.2, 0) is 9.59 Å². The van der Waals surface area contributed by atoms with E-state index < -0.39 is 0 Å². The minimum absolute atomic E-state index is 0.0129. The molecule has 1 saturated heterocycles. The molecule has 2 heterocycles. The molecule has 0 atom stereocenters. The fourth-order valence-electron chi connectivity index (χ4n) is 3.86. The summed E-state index contributed by atoms with van der Waals surface area (Å²) in [4.78, 5) is 32.2. The number of para-hydroxylation sites is 3. The van der Waals surface area contributed by atoms with E-state index in [-0.39, 0.29) is 30.4 Å². The van der Waals surface area contributed by atoms with Gasteiger partial charge in [0.05, 0.1) is 11.4 Å². The molecule has 0 saturated carbocycles. The highest BCUT2D eigenvalue weighted by Crippen LogP contribution is 2.34. The molecule has 7 heteroatoms. The third kappa shape index (κ3) is 4.34. The summed E-state index contributed by atoms with van der Waals surface area (Å²) >= 11 is 1.76. The van der Waals surface area contributed by atoms with Gasteiger partial charge >= 0.3 is 0 Å². The summed E-state index contributed by atoms with van der Waals surface area (Å²) in [5, 5.41) is 10.0. The summed E-state index contributed by atoms with van der Waals surface area (Å²) in [5.41, 5.74) is 1.76. The number of fused-ring (bicyclic) bond motifs is 1. The molecule has 0 unspecified atom stereocenters. The van der Waals surface area contributed by atoms with Crippen LogP contribution in [0.5, 0.6) is 5.75 Å². The van der Waals surface area contributed by atoms with Crippen LogP contribution in [0.15, 0.2) is 53.4 Å². The smallest absolute Gasteiger partial charge is 0.227 e. The molecular weight excluding hydrogens is 386 g/mol. The maximum absolute atomic E-state index is 12.7. The maximum Gasteiger partial charge on any atom is 0.227 e. The van der Waals surface area contributed by atoms with E-state index in [1.807, 2.05) is 46.2 Å². The summed E-state index contributed by atoms with van der Waals surface area (Å²) in [7, 11) is 0. The molecule has 152 valence electrons. The van der Waals surface area contributed by atoms with Crippen molar-refractivity contribution in [2.45, 2.75) is 17.7 Å². The Balaban J connectivity index is 1.29. The molecular formula is C22H25N3O3S. The first-order valence-electron chi connectivity index (χ1n) is 9.96. The normalized spacial score (nSPS) is 16.5. The van der Waals surface area contributed by atoms with Gasteiger partial charge in [0.25, 0.3) is 0 Å².